The zero-order chi connectivity index (χ0) is 11.3. The number of ketones is 2. The first-order valence-corrected chi connectivity index (χ1v) is 5.66. The Morgan fingerprint density at radius 1 is 1.06 bits per heavy atom. The van der Waals surface area contributed by atoms with E-state index in [4.69, 9.17) is 0 Å². The zero-order valence-electron chi connectivity index (χ0n) is 8.48. The van der Waals surface area contributed by atoms with Gasteiger partial charge in [0.15, 0.2) is 0 Å². The summed E-state index contributed by atoms with van der Waals surface area (Å²) in [7, 11) is 0. The van der Waals surface area contributed by atoms with Crippen molar-refractivity contribution in [3.63, 3.8) is 0 Å². The second kappa shape index (κ2) is 3.09. The third kappa shape index (κ3) is 1.10. The first-order valence-electron chi connectivity index (χ1n) is 4.84. The van der Waals surface area contributed by atoms with Gasteiger partial charge in [0.05, 0.1) is 10.7 Å². The van der Waals surface area contributed by atoms with Gasteiger partial charge in [-0.05, 0) is 6.92 Å². The molecule has 0 atom stereocenters. The van der Waals surface area contributed by atoms with Gasteiger partial charge in [-0.15, -0.1) is 11.3 Å². The molecule has 1 aromatic heterocycles. The Hall–Kier alpha value is -1.81. The Balaban J connectivity index is 2.41. The number of aryl methyl sites for hydroxylation is 1. The van der Waals surface area contributed by atoms with Crippen LogP contribution in [0.25, 0.3) is 11.3 Å². The van der Waals surface area contributed by atoms with Crippen LogP contribution in [0.4, 0.5) is 0 Å². The zero-order valence-corrected chi connectivity index (χ0v) is 9.30. The molecule has 0 saturated heterocycles. The number of thiazole rings is 1. The molecule has 0 N–H and O–H groups in total. The molecule has 0 unspecified atom stereocenters. The van der Waals surface area contributed by atoms with Crippen molar-refractivity contribution in [2.75, 3.05) is 0 Å². The first-order chi connectivity index (χ1) is 7.68. The first kappa shape index (κ1) is 9.42. The molecule has 0 bridgehead atoms. The molecular weight excluding hydrogens is 222 g/mol. The molecular formula is C12H7NO2S. The second-order valence-electron chi connectivity index (χ2n) is 3.61. The van der Waals surface area contributed by atoms with E-state index in [1.807, 2.05) is 19.1 Å². The third-order valence-corrected chi connectivity index (χ3v) is 3.54. The van der Waals surface area contributed by atoms with Crippen LogP contribution in [0.2, 0.25) is 0 Å². The van der Waals surface area contributed by atoms with E-state index >= 15 is 0 Å². The van der Waals surface area contributed by atoms with Crippen LogP contribution >= 0.6 is 11.3 Å². The van der Waals surface area contributed by atoms with Crippen LogP contribution in [0.5, 0.6) is 0 Å². The number of fused-ring (bicyclic) bond motifs is 3. The SMILES string of the molecule is Cc1nc2c(s1)C(=O)C(=O)c1ccccc1-2. The standard InChI is InChI=1S/C12H7NO2S/c1-6-13-9-7-4-2-3-5-8(7)10(14)11(15)12(9)16-6/h2-5H,1H3. The molecule has 3 nitrogen and oxygen atoms in total. The highest BCUT2D eigenvalue weighted by Gasteiger charge is 2.32. The van der Waals surface area contributed by atoms with Gasteiger partial charge < -0.3 is 0 Å². The predicted molar refractivity (Wildman–Crippen MR) is 60.9 cm³/mol. The maximum atomic E-state index is 11.8. The van der Waals surface area contributed by atoms with Crippen LogP contribution in [0.15, 0.2) is 24.3 Å². The Morgan fingerprint density at radius 2 is 1.75 bits per heavy atom. The molecule has 4 heteroatoms. The lowest BCUT2D eigenvalue weighted by molar-refractivity contribution is 0.0817. The highest BCUT2D eigenvalue weighted by molar-refractivity contribution is 7.15. The molecule has 0 spiro atoms. The third-order valence-electron chi connectivity index (χ3n) is 2.57. The van der Waals surface area contributed by atoms with E-state index in [9.17, 15) is 9.59 Å². The normalized spacial score (nSPS) is 13.6. The average molecular weight is 229 g/mol. The minimum Gasteiger partial charge on any atom is -0.285 e. The molecule has 78 valence electrons. The summed E-state index contributed by atoms with van der Waals surface area (Å²) in [6.07, 6.45) is 0. The molecule has 3 rings (SSSR count). The summed E-state index contributed by atoms with van der Waals surface area (Å²) in [5, 5.41) is 0.808. The van der Waals surface area contributed by atoms with E-state index in [1.54, 1.807) is 12.1 Å². The molecule has 16 heavy (non-hydrogen) atoms. The lowest BCUT2D eigenvalue weighted by Crippen LogP contribution is -2.19. The van der Waals surface area contributed by atoms with Crippen molar-refractivity contribution in [2.45, 2.75) is 6.92 Å². The van der Waals surface area contributed by atoms with Crippen LogP contribution in [0.3, 0.4) is 0 Å². The molecule has 0 aliphatic heterocycles. The van der Waals surface area contributed by atoms with Crippen LogP contribution in [-0.2, 0) is 0 Å². The van der Waals surface area contributed by atoms with Gasteiger partial charge in [-0.2, -0.15) is 0 Å². The van der Waals surface area contributed by atoms with E-state index in [0.717, 1.165) is 10.6 Å². The summed E-state index contributed by atoms with van der Waals surface area (Å²) < 4.78 is 0. The second-order valence-corrected chi connectivity index (χ2v) is 4.82. The molecule has 1 aromatic carbocycles. The fourth-order valence-electron chi connectivity index (χ4n) is 1.88. The van der Waals surface area contributed by atoms with Crippen molar-refractivity contribution >= 4 is 22.9 Å². The van der Waals surface area contributed by atoms with Crippen molar-refractivity contribution < 1.29 is 9.59 Å². The average Bonchev–Trinajstić information content (AvgIpc) is 2.68. The monoisotopic (exact) mass is 229 g/mol. The Morgan fingerprint density at radius 3 is 2.50 bits per heavy atom. The number of hydrogen-bond acceptors (Lipinski definition) is 4. The van der Waals surface area contributed by atoms with Gasteiger partial charge in [-0.25, -0.2) is 4.98 Å². The summed E-state index contributed by atoms with van der Waals surface area (Å²) >= 11 is 1.28. The van der Waals surface area contributed by atoms with Gasteiger partial charge in [0, 0.05) is 11.1 Å². The van der Waals surface area contributed by atoms with Crippen LogP contribution in [-0.4, -0.2) is 16.6 Å². The predicted octanol–water partition coefficient (Wildman–Crippen LogP) is 2.50. The molecule has 1 aliphatic carbocycles. The summed E-state index contributed by atoms with van der Waals surface area (Å²) in [5.41, 5.74) is 1.89. The number of aromatic nitrogens is 1. The van der Waals surface area contributed by atoms with Crippen molar-refractivity contribution in [3.05, 3.63) is 39.7 Å². The highest BCUT2D eigenvalue weighted by Crippen LogP contribution is 2.35. The molecule has 2 aromatic rings. The number of hydrogen-bond donors (Lipinski definition) is 0. The summed E-state index contributed by atoms with van der Waals surface area (Å²) in [4.78, 5) is 28.4. The summed E-state index contributed by atoms with van der Waals surface area (Å²) in [6, 6.07) is 7.11. The number of benzene rings is 1. The lowest BCUT2D eigenvalue weighted by atomic mass is 9.92. The van der Waals surface area contributed by atoms with Crippen molar-refractivity contribution in [1.82, 2.24) is 4.98 Å². The van der Waals surface area contributed by atoms with Gasteiger partial charge in [-0.3, -0.25) is 9.59 Å². The van der Waals surface area contributed by atoms with E-state index in [2.05, 4.69) is 4.98 Å². The molecule has 1 aliphatic rings. The van der Waals surface area contributed by atoms with Gasteiger partial charge in [-0.1, -0.05) is 24.3 Å². The molecule has 1 heterocycles. The molecule has 0 saturated carbocycles. The van der Waals surface area contributed by atoms with Gasteiger partial charge in [0.25, 0.3) is 0 Å². The summed E-state index contributed by atoms with van der Waals surface area (Å²) in [5.74, 6) is -0.856. The Kier molecular flexibility index (Phi) is 1.82. The fraction of sp³-hybridized carbons (Fsp3) is 0.0833. The minimum absolute atomic E-state index is 0.424. The fourth-order valence-corrected chi connectivity index (χ4v) is 2.75. The number of nitrogens with zero attached hydrogens (tertiary/aromatic N) is 1. The lowest BCUT2D eigenvalue weighted by Gasteiger charge is -2.11. The van der Waals surface area contributed by atoms with Crippen LogP contribution in [0.1, 0.15) is 25.0 Å². The Bertz CT molecular complexity index is 628. The van der Waals surface area contributed by atoms with E-state index in [0.29, 0.717) is 16.1 Å². The number of Topliss-reactive ketones (excluding diaryl/α,β-unsaturated/α-hetero) is 2. The highest BCUT2D eigenvalue weighted by atomic mass is 32.1. The van der Waals surface area contributed by atoms with Crippen molar-refractivity contribution in [2.24, 2.45) is 0 Å². The van der Waals surface area contributed by atoms with Crippen molar-refractivity contribution in [1.29, 1.82) is 0 Å². The van der Waals surface area contributed by atoms with Crippen molar-refractivity contribution in [3.8, 4) is 11.3 Å². The van der Waals surface area contributed by atoms with Crippen LogP contribution in [0, 0.1) is 6.92 Å². The van der Waals surface area contributed by atoms with Gasteiger partial charge >= 0.3 is 0 Å². The van der Waals surface area contributed by atoms with Gasteiger partial charge in [0.1, 0.15) is 4.88 Å². The topological polar surface area (TPSA) is 47.0 Å². The van der Waals surface area contributed by atoms with Gasteiger partial charge in [0.2, 0.25) is 11.6 Å². The smallest absolute Gasteiger partial charge is 0.245 e. The van der Waals surface area contributed by atoms with Crippen LogP contribution < -0.4 is 0 Å². The van der Waals surface area contributed by atoms with E-state index < -0.39 is 11.6 Å². The maximum absolute atomic E-state index is 11.8. The summed E-state index contributed by atoms with van der Waals surface area (Å²) in [6.45, 7) is 1.84. The maximum Gasteiger partial charge on any atom is 0.245 e. The number of rotatable bonds is 0. The largest absolute Gasteiger partial charge is 0.285 e. The molecule has 0 amide bonds. The number of carbonyl (C=O) groups is 2. The minimum atomic E-state index is -0.431. The number of carbonyl (C=O) groups excluding carboxylic acids is 2. The van der Waals surface area contributed by atoms with E-state index in [-0.39, 0.29) is 0 Å². The van der Waals surface area contributed by atoms with E-state index in [1.165, 1.54) is 11.3 Å². The molecule has 0 fully saturated rings. The Labute approximate surface area is 95.8 Å². The molecule has 0 radical (unpaired) electrons. The quantitative estimate of drug-likeness (QED) is 0.652.